The molecule has 1 amide bonds. The fraction of sp³-hybridized carbons (Fsp3) is 0.111. The molecular formula is C9H9BrClN3O2. The molecule has 7 heteroatoms. The Morgan fingerprint density at radius 3 is 2.88 bits per heavy atom. The number of carbonyl (C=O) groups excluding carboxylic acids is 1. The van der Waals surface area contributed by atoms with Crippen LogP contribution >= 0.6 is 27.5 Å². The molecule has 1 rings (SSSR count). The van der Waals surface area contributed by atoms with Crippen LogP contribution in [0.2, 0.25) is 5.02 Å². The summed E-state index contributed by atoms with van der Waals surface area (Å²) in [7, 11) is 0. The van der Waals surface area contributed by atoms with E-state index >= 15 is 0 Å². The number of amides is 1. The zero-order valence-electron chi connectivity index (χ0n) is 8.08. The maximum absolute atomic E-state index is 11.4. The topological polar surface area (TPSA) is 87.7 Å². The molecule has 0 bridgehead atoms. The van der Waals surface area contributed by atoms with Gasteiger partial charge in [-0.3, -0.25) is 4.79 Å². The standard InChI is InChI=1S/C9H9BrClN3O2/c10-5-1-2-7(6(11)3-5)13-9(15)4-8(12)14-16/h1-3,16H,4H2,(H2,12,14)(H,13,15). The number of amidine groups is 1. The monoisotopic (exact) mass is 305 g/mol. The van der Waals surface area contributed by atoms with E-state index in [1.807, 2.05) is 0 Å². The van der Waals surface area contributed by atoms with Gasteiger partial charge in [0.1, 0.15) is 5.84 Å². The van der Waals surface area contributed by atoms with Crippen molar-refractivity contribution in [1.82, 2.24) is 0 Å². The Kier molecular flexibility index (Phi) is 4.57. The molecule has 0 atom stereocenters. The van der Waals surface area contributed by atoms with Gasteiger partial charge in [-0.1, -0.05) is 32.7 Å². The zero-order valence-corrected chi connectivity index (χ0v) is 10.4. The largest absolute Gasteiger partial charge is 0.409 e. The van der Waals surface area contributed by atoms with Crippen LogP contribution in [-0.2, 0) is 4.79 Å². The van der Waals surface area contributed by atoms with Crippen LogP contribution < -0.4 is 11.1 Å². The van der Waals surface area contributed by atoms with Crippen molar-refractivity contribution in [2.24, 2.45) is 10.9 Å². The summed E-state index contributed by atoms with van der Waals surface area (Å²) in [5, 5.41) is 13.9. The molecule has 5 nitrogen and oxygen atoms in total. The van der Waals surface area contributed by atoms with Crippen molar-refractivity contribution >= 4 is 45.0 Å². The molecule has 0 radical (unpaired) electrons. The molecule has 0 aliphatic carbocycles. The van der Waals surface area contributed by atoms with Crippen molar-refractivity contribution in [3.05, 3.63) is 27.7 Å². The quantitative estimate of drug-likeness (QED) is 0.346. The second-order valence-electron chi connectivity index (χ2n) is 2.94. The fourth-order valence-electron chi connectivity index (χ4n) is 0.985. The van der Waals surface area contributed by atoms with Crippen molar-refractivity contribution in [3.63, 3.8) is 0 Å². The van der Waals surface area contributed by atoms with E-state index in [0.717, 1.165) is 4.47 Å². The number of hydrogen-bond acceptors (Lipinski definition) is 3. The fourth-order valence-corrected chi connectivity index (χ4v) is 1.71. The predicted molar refractivity (Wildman–Crippen MR) is 65.8 cm³/mol. The van der Waals surface area contributed by atoms with E-state index in [0.29, 0.717) is 10.7 Å². The number of anilines is 1. The number of nitrogens with zero attached hydrogens (tertiary/aromatic N) is 1. The molecule has 0 aromatic heterocycles. The van der Waals surface area contributed by atoms with E-state index in [2.05, 4.69) is 26.4 Å². The van der Waals surface area contributed by atoms with Crippen LogP contribution in [0.15, 0.2) is 27.8 Å². The van der Waals surface area contributed by atoms with Crippen molar-refractivity contribution in [2.45, 2.75) is 6.42 Å². The maximum Gasteiger partial charge on any atom is 0.232 e. The Labute approximate surface area is 105 Å². The SMILES string of the molecule is N/C(CC(=O)Nc1ccc(Br)cc1Cl)=N\O. The number of benzene rings is 1. The Balaban J connectivity index is 2.70. The van der Waals surface area contributed by atoms with Crippen LogP contribution in [0.4, 0.5) is 5.69 Å². The number of oxime groups is 1. The van der Waals surface area contributed by atoms with Gasteiger partial charge in [-0.2, -0.15) is 0 Å². The molecule has 0 unspecified atom stereocenters. The van der Waals surface area contributed by atoms with E-state index in [1.165, 1.54) is 0 Å². The Morgan fingerprint density at radius 1 is 1.62 bits per heavy atom. The average Bonchev–Trinajstić information content (AvgIpc) is 2.22. The molecule has 0 saturated heterocycles. The summed E-state index contributed by atoms with van der Waals surface area (Å²) in [4.78, 5) is 11.4. The highest BCUT2D eigenvalue weighted by Crippen LogP contribution is 2.25. The minimum Gasteiger partial charge on any atom is -0.409 e. The lowest BCUT2D eigenvalue weighted by atomic mass is 10.3. The van der Waals surface area contributed by atoms with Gasteiger partial charge < -0.3 is 16.3 Å². The molecule has 0 aliphatic heterocycles. The third kappa shape index (κ3) is 3.71. The molecule has 0 fully saturated rings. The predicted octanol–water partition coefficient (Wildman–Crippen LogP) is 2.18. The molecule has 0 saturated carbocycles. The van der Waals surface area contributed by atoms with Gasteiger partial charge in [0.25, 0.3) is 0 Å². The number of nitrogens with two attached hydrogens (primary N) is 1. The smallest absolute Gasteiger partial charge is 0.232 e. The minimum atomic E-state index is -0.403. The van der Waals surface area contributed by atoms with Gasteiger partial charge >= 0.3 is 0 Å². The summed E-state index contributed by atoms with van der Waals surface area (Å²) in [6.45, 7) is 0. The summed E-state index contributed by atoms with van der Waals surface area (Å²) in [5.74, 6) is -0.565. The Morgan fingerprint density at radius 2 is 2.31 bits per heavy atom. The lowest BCUT2D eigenvalue weighted by Gasteiger charge is -2.06. The summed E-state index contributed by atoms with van der Waals surface area (Å²) in [6, 6.07) is 5.04. The third-order valence-electron chi connectivity index (χ3n) is 1.68. The van der Waals surface area contributed by atoms with Gasteiger partial charge in [0.05, 0.1) is 17.1 Å². The first-order valence-electron chi connectivity index (χ1n) is 4.24. The molecule has 0 spiro atoms. The second kappa shape index (κ2) is 5.72. The van der Waals surface area contributed by atoms with Crippen molar-refractivity contribution in [3.8, 4) is 0 Å². The average molecular weight is 307 g/mol. The Hall–Kier alpha value is -1.27. The van der Waals surface area contributed by atoms with Gasteiger partial charge in [-0.25, -0.2) is 0 Å². The lowest BCUT2D eigenvalue weighted by molar-refractivity contribution is -0.115. The highest BCUT2D eigenvalue weighted by atomic mass is 79.9. The number of rotatable bonds is 3. The molecule has 0 aliphatic rings. The molecule has 0 heterocycles. The second-order valence-corrected chi connectivity index (χ2v) is 4.26. The summed E-state index contributed by atoms with van der Waals surface area (Å²) in [5.41, 5.74) is 5.66. The van der Waals surface area contributed by atoms with Crippen molar-refractivity contribution in [1.29, 1.82) is 0 Å². The lowest BCUT2D eigenvalue weighted by Crippen LogP contribution is -2.22. The van der Waals surface area contributed by atoms with E-state index < -0.39 is 5.91 Å². The maximum atomic E-state index is 11.4. The van der Waals surface area contributed by atoms with Gasteiger partial charge in [0.15, 0.2) is 0 Å². The Bertz CT molecular complexity index is 437. The first-order valence-corrected chi connectivity index (χ1v) is 5.41. The highest BCUT2D eigenvalue weighted by Gasteiger charge is 2.08. The summed E-state index contributed by atoms with van der Waals surface area (Å²) < 4.78 is 0.812. The van der Waals surface area contributed by atoms with Crippen LogP contribution in [0, 0.1) is 0 Å². The number of nitrogens with one attached hydrogen (secondary N) is 1. The summed E-state index contributed by atoms with van der Waals surface area (Å²) in [6.07, 6.45) is -0.192. The van der Waals surface area contributed by atoms with Gasteiger partial charge in [-0.05, 0) is 18.2 Å². The van der Waals surface area contributed by atoms with Crippen LogP contribution in [0.3, 0.4) is 0 Å². The van der Waals surface area contributed by atoms with E-state index in [-0.39, 0.29) is 12.3 Å². The minimum absolute atomic E-state index is 0.161. The van der Waals surface area contributed by atoms with Crippen LogP contribution in [-0.4, -0.2) is 17.0 Å². The molecule has 1 aromatic carbocycles. The number of halogens is 2. The first kappa shape index (κ1) is 12.8. The van der Waals surface area contributed by atoms with Gasteiger partial charge in [-0.15, -0.1) is 0 Å². The van der Waals surface area contributed by atoms with Gasteiger partial charge in [0, 0.05) is 4.47 Å². The molecule has 16 heavy (non-hydrogen) atoms. The number of carbonyl (C=O) groups is 1. The molecular weight excluding hydrogens is 297 g/mol. The third-order valence-corrected chi connectivity index (χ3v) is 2.48. The van der Waals surface area contributed by atoms with E-state index in [1.54, 1.807) is 18.2 Å². The van der Waals surface area contributed by atoms with Crippen molar-refractivity contribution in [2.75, 3.05) is 5.32 Å². The van der Waals surface area contributed by atoms with Crippen LogP contribution in [0.1, 0.15) is 6.42 Å². The van der Waals surface area contributed by atoms with Gasteiger partial charge in [0.2, 0.25) is 5.91 Å². The molecule has 1 aromatic rings. The zero-order chi connectivity index (χ0) is 12.1. The highest BCUT2D eigenvalue weighted by molar-refractivity contribution is 9.10. The van der Waals surface area contributed by atoms with Crippen LogP contribution in [0.5, 0.6) is 0 Å². The molecule has 86 valence electrons. The normalized spacial score (nSPS) is 11.2. The number of hydrogen-bond donors (Lipinski definition) is 3. The van der Waals surface area contributed by atoms with E-state index in [4.69, 9.17) is 22.5 Å². The molecule has 4 N–H and O–H groups in total. The van der Waals surface area contributed by atoms with Crippen LogP contribution in [0.25, 0.3) is 0 Å². The first-order chi connectivity index (χ1) is 7.52. The summed E-state index contributed by atoms with van der Waals surface area (Å²) >= 11 is 9.13. The van der Waals surface area contributed by atoms with E-state index in [9.17, 15) is 4.79 Å². The van der Waals surface area contributed by atoms with Crippen molar-refractivity contribution < 1.29 is 10.0 Å².